The topological polar surface area (TPSA) is 91.3 Å². The number of urea groups is 1. The number of hydrazone groups is 1. The molecule has 2 aromatic rings. The highest BCUT2D eigenvalue weighted by molar-refractivity contribution is 6.06. The largest absolute Gasteiger partial charge is 0.497 e. The first-order chi connectivity index (χ1) is 14.1. The summed E-state index contributed by atoms with van der Waals surface area (Å²) in [5.41, 5.74) is 2.60. The van der Waals surface area contributed by atoms with Crippen molar-refractivity contribution in [2.24, 2.45) is 5.10 Å². The van der Waals surface area contributed by atoms with Crippen molar-refractivity contribution in [3.05, 3.63) is 65.7 Å². The standard InChI is InChI=1S/C21H20N4O4/c1-29-16-9-7-15(8-10-16)18-11-17(14-5-3-2-4-6-14)23-25(18)20(27)13-24-19(26)12-22-21(24)28/h2-10,18H,11-13H2,1H3,(H,22,28). The van der Waals surface area contributed by atoms with Crippen molar-refractivity contribution < 1.29 is 19.1 Å². The number of carbonyl (C=O) groups excluding carboxylic acids is 3. The van der Waals surface area contributed by atoms with Crippen LogP contribution in [0.15, 0.2) is 59.7 Å². The first-order valence-electron chi connectivity index (χ1n) is 9.24. The zero-order valence-electron chi connectivity index (χ0n) is 15.9. The summed E-state index contributed by atoms with van der Waals surface area (Å²) >= 11 is 0. The number of imide groups is 1. The maximum Gasteiger partial charge on any atom is 0.325 e. The molecule has 0 radical (unpaired) electrons. The monoisotopic (exact) mass is 392 g/mol. The molecule has 8 heteroatoms. The van der Waals surface area contributed by atoms with Crippen molar-refractivity contribution in [1.82, 2.24) is 15.2 Å². The molecule has 1 N–H and O–H groups in total. The minimum Gasteiger partial charge on any atom is -0.497 e. The normalized spacial score (nSPS) is 18.7. The molecular formula is C21H20N4O4. The first-order valence-corrected chi connectivity index (χ1v) is 9.24. The molecule has 2 heterocycles. The van der Waals surface area contributed by atoms with Gasteiger partial charge < -0.3 is 10.1 Å². The lowest BCUT2D eigenvalue weighted by Crippen LogP contribution is -2.41. The van der Waals surface area contributed by atoms with Gasteiger partial charge in [-0.2, -0.15) is 5.10 Å². The molecule has 0 spiro atoms. The quantitative estimate of drug-likeness (QED) is 0.787. The van der Waals surface area contributed by atoms with Crippen LogP contribution in [-0.4, -0.2) is 53.7 Å². The molecule has 2 aliphatic heterocycles. The average molecular weight is 392 g/mol. The summed E-state index contributed by atoms with van der Waals surface area (Å²) in [6.07, 6.45) is 0.530. The molecule has 0 aliphatic carbocycles. The number of benzene rings is 2. The van der Waals surface area contributed by atoms with E-state index in [2.05, 4.69) is 10.4 Å². The van der Waals surface area contributed by atoms with E-state index in [1.165, 1.54) is 5.01 Å². The molecular weight excluding hydrogens is 372 g/mol. The van der Waals surface area contributed by atoms with Crippen LogP contribution < -0.4 is 10.1 Å². The highest BCUT2D eigenvalue weighted by Crippen LogP contribution is 2.33. The summed E-state index contributed by atoms with van der Waals surface area (Å²) in [5.74, 6) is -0.119. The molecule has 1 atom stereocenters. The van der Waals surface area contributed by atoms with Crippen molar-refractivity contribution in [3.8, 4) is 5.75 Å². The van der Waals surface area contributed by atoms with Gasteiger partial charge in [-0.15, -0.1) is 0 Å². The van der Waals surface area contributed by atoms with Gasteiger partial charge in [0.25, 0.3) is 11.8 Å². The lowest BCUT2D eigenvalue weighted by atomic mass is 9.98. The minimum absolute atomic E-state index is 0.0907. The highest BCUT2D eigenvalue weighted by atomic mass is 16.5. The van der Waals surface area contributed by atoms with Gasteiger partial charge in [-0.25, -0.2) is 9.80 Å². The van der Waals surface area contributed by atoms with E-state index in [9.17, 15) is 14.4 Å². The Kier molecular flexibility index (Phi) is 4.99. The molecule has 1 saturated heterocycles. The fraction of sp³-hybridized carbons (Fsp3) is 0.238. The minimum atomic E-state index is -0.559. The lowest BCUT2D eigenvalue weighted by Gasteiger charge is -2.23. The number of amides is 4. The van der Waals surface area contributed by atoms with E-state index >= 15 is 0 Å². The summed E-state index contributed by atoms with van der Waals surface area (Å²) < 4.78 is 5.21. The van der Waals surface area contributed by atoms with E-state index in [0.29, 0.717) is 12.2 Å². The zero-order valence-corrected chi connectivity index (χ0v) is 15.9. The number of hydrogen-bond acceptors (Lipinski definition) is 5. The van der Waals surface area contributed by atoms with Gasteiger partial charge in [0.15, 0.2) is 0 Å². The molecule has 4 amide bonds. The van der Waals surface area contributed by atoms with Crippen LogP contribution in [0.2, 0.25) is 0 Å². The summed E-state index contributed by atoms with van der Waals surface area (Å²) in [7, 11) is 1.59. The first kappa shape index (κ1) is 18.7. The van der Waals surface area contributed by atoms with Crippen LogP contribution in [0.5, 0.6) is 5.75 Å². The third-order valence-corrected chi connectivity index (χ3v) is 5.00. The Balaban J connectivity index is 1.63. The highest BCUT2D eigenvalue weighted by Gasteiger charge is 2.37. The van der Waals surface area contributed by atoms with Crippen LogP contribution in [0.3, 0.4) is 0 Å². The third kappa shape index (κ3) is 3.69. The van der Waals surface area contributed by atoms with Gasteiger partial charge in [0.05, 0.1) is 25.4 Å². The molecule has 1 unspecified atom stereocenters. The van der Waals surface area contributed by atoms with Crippen LogP contribution in [0.4, 0.5) is 4.79 Å². The predicted octanol–water partition coefficient (Wildman–Crippen LogP) is 1.92. The number of ether oxygens (including phenoxy) is 1. The van der Waals surface area contributed by atoms with E-state index in [0.717, 1.165) is 21.7 Å². The van der Waals surface area contributed by atoms with Crippen LogP contribution in [0.25, 0.3) is 0 Å². The lowest BCUT2D eigenvalue weighted by molar-refractivity contribution is -0.137. The van der Waals surface area contributed by atoms with Crippen molar-refractivity contribution >= 4 is 23.6 Å². The molecule has 2 aliphatic rings. The van der Waals surface area contributed by atoms with Gasteiger partial charge in [0.1, 0.15) is 12.3 Å². The zero-order chi connectivity index (χ0) is 20.4. The van der Waals surface area contributed by atoms with E-state index in [1.54, 1.807) is 7.11 Å². The molecule has 0 aromatic heterocycles. The summed E-state index contributed by atoms with van der Waals surface area (Å²) in [6.45, 7) is -0.435. The smallest absolute Gasteiger partial charge is 0.325 e. The molecule has 0 bridgehead atoms. The Morgan fingerprint density at radius 1 is 1.14 bits per heavy atom. The van der Waals surface area contributed by atoms with E-state index in [4.69, 9.17) is 4.74 Å². The third-order valence-electron chi connectivity index (χ3n) is 5.00. The molecule has 8 nitrogen and oxygen atoms in total. The van der Waals surface area contributed by atoms with Crippen LogP contribution in [-0.2, 0) is 9.59 Å². The van der Waals surface area contributed by atoms with Crippen LogP contribution in [0, 0.1) is 0 Å². The number of nitrogens with one attached hydrogen (secondary N) is 1. The van der Waals surface area contributed by atoms with Gasteiger partial charge >= 0.3 is 6.03 Å². The van der Waals surface area contributed by atoms with E-state index in [-0.39, 0.29) is 19.1 Å². The number of methoxy groups -OCH3 is 1. The number of nitrogens with zero attached hydrogens (tertiary/aromatic N) is 3. The van der Waals surface area contributed by atoms with Crippen molar-refractivity contribution in [1.29, 1.82) is 0 Å². The SMILES string of the molecule is COc1ccc(C2CC(c3ccccc3)=NN2C(=O)CN2C(=O)CNC2=O)cc1. The molecule has 2 aromatic carbocycles. The second-order valence-corrected chi connectivity index (χ2v) is 6.78. The Labute approximate surface area is 167 Å². The number of hydrogen-bond donors (Lipinski definition) is 1. The Bertz CT molecular complexity index is 956. The average Bonchev–Trinajstić information content (AvgIpc) is 3.34. The number of carbonyl (C=O) groups is 3. The van der Waals surface area contributed by atoms with Gasteiger partial charge in [-0.1, -0.05) is 42.5 Å². The molecule has 148 valence electrons. The van der Waals surface area contributed by atoms with E-state index < -0.39 is 17.8 Å². The Morgan fingerprint density at radius 3 is 2.48 bits per heavy atom. The van der Waals surface area contributed by atoms with Crippen LogP contribution in [0.1, 0.15) is 23.6 Å². The molecule has 4 rings (SSSR count). The maximum atomic E-state index is 13.0. The summed E-state index contributed by atoms with van der Waals surface area (Å²) in [5, 5.41) is 8.35. The van der Waals surface area contributed by atoms with Crippen molar-refractivity contribution in [3.63, 3.8) is 0 Å². The maximum absolute atomic E-state index is 13.0. The second kappa shape index (κ2) is 7.75. The molecule has 0 saturated carbocycles. The van der Waals surface area contributed by atoms with Gasteiger partial charge in [-0.3, -0.25) is 14.5 Å². The number of rotatable bonds is 5. The summed E-state index contributed by atoms with van der Waals surface area (Å²) in [6, 6.07) is 16.2. The predicted molar refractivity (Wildman–Crippen MR) is 105 cm³/mol. The van der Waals surface area contributed by atoms with E-state index in [1.807, 2.05) is 54.6 Å². The van der Waals surface area contributed by atoms with Gasteiger partial charge in [0.2, 0.25) is 0 Å². The van der Waals surface area contributed by atoms with Gasteiger partial charge in [-0.05, 0) is 23.3 Å². The molecule has 29 heavy (non-hydrogen) atoms. The van der Waals surface area contributed by atoms with Crippen molar-refractivity contribution in [2.45, 2.75) is 12.5 Å². The van der Waals surface area contributed by atoms with Crippen molar-refractivity contribution in [2.75, 3.05) is 20.2 Å². The Morgan fingerprint density at radius 2 is 1.86 bits per heavy atom. The fourth-order valence-electron chi connectivity index (χ4n) is 3.45. The van der Waals surface area contributed by atoms with Gasteiger partial charge in [0, 0.05) is 6.42 Å². The fourth-order valence-corrected chi connectivity index (χ4v) is 3.45. The Hall–Kier alpha value is -3.68. The van der Waals surface area contributed by atoms with Crippen LogP contribution >= 0.6 is 0 Å². The summed E-state index contributed by atoms with van der Waals surface area (Å²) in [4.78, 5) is 37.6. The molecule has 1 fully saturated rings. The second-order valence-electron chi connectivity index (χ2n) is 6.78.